The molecule has 0 radical (unpaired) electrons. The van der Waals surface area contributed by atoms with Crippen molar-refractivity contribution >= 4 is 21.6 Å². The first-order valence-corrected chi connectivity index (χ1v) is 8.70. The van der Waals surface area contributed by atoms with Gasteiger partial charge in [0, 0.05) is 13.1 Å². The van der Waals surface area contributed by atoms with Crippen LogP contribution in [0.1, 0.15) is 24.8 Å². The van der Waals surface area contributed by atoms with Gasteiger partial charge in [0.15, 0.2) is 0 Å². The predicted octanol–water partition coefficient (Wildman–Crippen LogP) is 1.96. The van der Waals surface area contributed by atoms with Gasteiger partial charge in [0.2, 0.25) is 10.0 Å². The van der Waals surface area contributed by atoms with Crippen LogP contribution in [0.4, 0.5) is 0 Å². The molecular formula is C14H18ClN3O2S. The lowest BCUT2D eigenvalue weighted by Gasteiger charge is -2.31. The number of halogens is 1. The highest BCUT2D eigenvalue weighted by Crippen LogP contribution is 2.27. The van der Waals surface area contributed by atoms with E-state index in [9.17, 15) is 8.42 Å². The van der Waals surface area contributed by atoms with Crippen LogP contribution in [0.25, 0.3) is 0 Å². The molecule has 0 saturated carbocycles. The molecule has 1 atom stereocenters. The molecule has 1 heterocycles. The second-order valence-electron chi connectivity index (χ2n) is 5.20. The van der Waals surface area contributed by atoms with Crippen LogP contribution in [-0.4, -0.2) is 32.4 Å². The lowest BCUT2D eigenvalue weighted by Crippen LogP contribution is -2.40. The van der Waals surface area contributed by atoms with E-state index < -0.39 is 10.0 Å². The Balaban J connectivity index is 2.25. The van der Waals surface area contributed by atoms with Crippen LogP contribution in [0.15, 0.2) is 23.1 Å². The van der Waals surface area contributed by atoms with Crippen LogP contribution >= 0.6 is 11.6 Å². The van der Waals surface area contributed by atoms with Crippen molar-refractivity contribution in [2.24, 2.45) is 11.7 Å². The molecule has 1 unspecified atom stereocenters. The van der Waals surface area contributed by atoms with E-state index in [2.05, 4.69) is 0 Å². The van der Waals surface area contributed by atoms with Crippen LogP contribution < -0.4 is 5.73 Å². The molecule has 5 nitrogen and oxygen atoms in total. The molecule has 1 aliphatic heterocycles. The van der Waals surface area contributed by atoms with Crippen molar-refractivity contribution in [3.05, 3.63) is 28.8 Å². The van der Waals surface area contributed by atoms with Gasteiger partial charge in [0.05, 0.1) is 15.5 Å². The first-order chi connectivity index (χ1) is 9.98. The summed E-state index contributed by atoms with van der Waals surface area (Å²) >= 11 is 5.93. The van der Waals surface area contributed by atoms with Gasteiger partial charge in [0.25, 0.3) is 0 Å². The summed E-state index contributed by atoms with van der Waals surface area (Å²) in [6.07, 6.45) is 2.69. The van der Waals surface area contributed by atoms with Crippen molar-refractivity contribution in [2.75, 3.05) is 19.6 Å². The summed E-state index contributed by atoms with van der Waals surface area (Å²) in [6, 6.07) is 6.15. The Morgan fingerprint density at radius 3 is 2.86 bits per heavy atom. The number of piperidine rings is 1. The fourth-order valence-corrected chi connectivity index (χ4v) is 4.48. The maximum Gasteiger partial charge on any atom is 0.243 e. The maximum atomic E-state index is 12.6. The molecular weight excluding hydrogens is 310 g/mol. The van der Waals surface area contributed by atoms with Crippen LogP contribution in [0.3, 0.4) is 0 Å². The van der Waals surface area contributed by atoms with Gasteiger partial charge in [-0.05, 0) is 49.9 Å². The summed E-state index contributed by atoms with van der Waals surface area (Å²) in [5.41, 5.74) is 5.83. The standard InChI is InChI=1S/C14H18ClN3O2S/c15-14-8-13(4-3-12(14)9-17)21(19,20)18-7-1-2-11(10-18)5-6-16/h3-4,8,11H,1-2,5-7,10,16H2. The number of rotatable bonds is 4. The van der Waals surface area contributed by atoms with E-state index in [1.165, 1.54) is 22.5 Å². The third-order valence-electron chi connectivity index (χ3n) is 3.76. The number of hydrogen-bond donors (Lipinski definition) is 1. The van der Waals surface area contributed by atoms with Crippen molar-refractivity contribution in [3.63, 3.8) is 0 Å². The minimum atomic E-state index is -3.56. The van der Waals surface area contributed by atoms with Crippen LogP contribution in [0.2, 0.25) is 5.02 Å². The second-order valence-corrected chi connectivity index (χ2v) is 7.55. The summed E-state index contributed by atoms with van der Waals surface area (Å²) in [5, 5.41) is 9.01. The first kappa shape index (κ1) is 16.2. The Hall–Kier alpha value is -1.13. The molecule has 2 N–H and O–H groups in total. The number of nitriles is 1. The predicted molar refractivity (Wildman–Crippen MR) is 81.3 cm³/mol. The molecule has 0 bridgehead atoms. The molecule has 0 spiro atoms. The van der Waals surface area contributed by atoms with Crippen LogP contribution in [0.5, 0.6) is 0 Å². The van der Waals surface area contributed by atoms with Crippen LogP contribution in [0, 0.1) is 17.2 Å². The van der Waals surface area contributed by atoms with Gasteiger partial charge in [-0.2, -0.15) is 9.57 Å². The van der Waals surface area contributed by atoms with E-state index in [0.717, 1.165) is 19.3 Å². The third-order valence-corrected chi connectivity index (χ3v) is 5.93. The molecule has 0 aliphatic carbocycles. The van der Waals surface area contributed by atoms with Gasteiger partial charge in [-0.1, -0.05) is 11.6 Å². The topological polar surface area (TPSA) is 87.2 Å². The molecule has 1 fully saturated rings. The van der Waals surface area contributed by atoms with Gasteiger partial charge in [-0.15, -0.1) is 0 Å². The van der Waals surface area contributed by atoms with Gasteiger partial charge in [-0.25, -0.2) is 8.42 Å². The summed E-state index contributed by atoms with van der Waals surface area (Å²) in [5.74, 6) is 0.312. The molecule has 0 aromatic heterocycles. The molecule has 7 heteroatoms. The van der Waals surface area contributed by atoms with Crippen molar-refractivity contribution in [3.8, 4) is 6.07 Å². The summed E-state index contributed by atoms with van der Waals surface area (Å²) in [6.45, 7) is 1.58. The molecule has 1 aromatic rings. The zero-order chi connectivity index (χ0) is 15.5. The Morgan fingerprint density at radius 2 is 2.24 bits per heavy atom. The zero-order valence-corrected chi connectivity index (χ0v) is 13.2. The normalized spacial score (nSPS) is 20.1. The highest BCUT2D eigenvalue weighted by atomic mass is 35.5. The van der Waals surface area contributed by atoms with Crippen molar-refractivity contribution in [1.29, 1.82) is 5.26 Å². The molecule has 1 aromatic carbocycles. The lowest BCUT2D eigenvalue weighted by molar-refractivity contribution is 0.258. The number of hydrogen-bond acceptors (Lipinski definition) is 4. The Labute approximate surface area is 130 Å². The van der Waals surface area contributed by atoms with Gasteiger partial charge in [0.1, 0.15) is 6.07 Å². The molecule has 1 aliphatic rings. The average molecular weight is 328 g/mol. The lowest BCUT2D eigenvalue weighted by atomic mass is 9.96. The summed E-state index contributed by atoms with van der Waals surface area (Å²) in [4.78, 5) is 0.139. The smallest absolute Gasteiger partial charge is 0.243 e. The number of nitrogens with two attached hydrogens (primary N) is 1. The fraction of sp³-hybridized carbons (Fsp3) is 0.500. The zero-order valence-electron chi connectivity index (χ0n) is 11.6. The van der Waals surface area contributed by atoms with E-state index in [1.54, 1.807) is 0 Å². The summed E-state index contributed by atoms with van der Waals surface area (Å²) < 4.78 is 26.8. The van der Waals surface area contributed by atoms with Crippen LogP contribution in [-0.2, 0) is 10.0 Å². The number of benzene rings is 1. The second kappa shape index (κ2) is 6.75. The maximum absolute atomic E-state index is 12.6. The molecule has 0 amide bonds. The quantitative estimate of drug-likeness (QED) is 0.915. The largest absolute Gasteiger partial charge is 0.330 e. The summed E-state index contributed by atoms with van der Waals surface area (Å²) in [7, 11) is -3.56. The van der Waals surface area contributed by atoms with E-state index >= 15 is 0 Å². The Kier molecular flexibility index (Phi) is 5.22. The third kappa shape index (κ3) is 3.55. The molecule has 114 valence electrons. The van der Waals surface area contributed by atoms with Gasteiger partial charge < -0.3 is 5.73 Å². The van der Waals surface area contributed by atoms with E-state index in [1.807, 2.05) is 6.07 Å². The average Bonchev–Trinajstić information content (AvgIpc) is 2.48. The van der Waals surface area contributed by atoms with E-state index in [0.29, 0.717) is 25.6 Å². The molecule has 2 rings (SSSR count). The number of nitrogens with zero attached hydrogens (tertiary/aromatic N) is 2. The SMILES string of the molecule is N#Cc1ccc(S(=O)(=O)N2CCCC(CCN)C2)cc1Cl. The van der Waals surface area contributed by atoms with Crippen molar-refractivity contribution in [2.45, 2.75) is 24.2 Å². The first-order valence-electron chi connectivity index (χ1n) is 6.89. The Bertz CT molecular complexity index is 653. The van der Waals surface area contributed by atoms with Crippen molar-refractivity contribution in [1.82, 2.24) is 4.31 Å². The monoisotopic (exact) mass is 327 g/mol. The Morgan fingerprint density at radius 1 is 1.48 bits per heavy atom. The van der Waals surface area contributed by atoms with E-state index in [-0.39, 0.29) is 15.5 Å². The van der Waals surface area contributed by atoms with Gasteiger partial charge in [-0.3, -0.25) is 0 Å². The highest BCUT2D eigenvalue weighted by molar-refractivity contribution is 7.89. The van der Waals surface area contributed by atoms with E-state index in [4.69, 9.17) is 22.6 Å². The minimum Gasteiger partial charge on any atom is -0.330 e. The highest BCUT2D eigenvalue weighted by Gasteiger charge is 2.30. The minimum absolute atomic E-state index is 0.139. The fourth-order valence-electron chi connectivity index (χ4n) is 2.61. The number of sulfonamides is 1. The van der Waals surface area contributed by atoms with Gasteiger partial charge >= 0.3 is 0 Å². The van der Waals surface area contributed by atoms with Crippen molar-refractivity contribution < 1.29 is 8.42 Å². The molecule has 1 saturated heterocycles. The molecule has 21 heavy (non-hydrogen) atoms.